The third-order valence-electron chi connectivity index (χ3n) is 2.56. The highest BCUT2D eigenvalue weighted by molar-refractivity contribution is 5.91. The van der Waals surface area contributed by atoms with Gasteiger partial charge in [-0.1, -0.05) is 0 Å². The first kappa shape index (κ1) is 16.6. The molecule has 0 aliphatic carbocycles. The summed E-state index contributed by atoms with van der Waals surface area (Å²) in [5.74, 6) is -0.395. The van der Waals surface area contributed by atoms with Gasteiger partial charge in [-0.05, 0) is 18.2 Å². The van der Waals surface area contributed by atoms with Crippen LogP contribution < -0.4 is 15.4 Å². The number of ether oxygens (including phenoxy) is 1. The normalized spacial score (nSPS) is 14.3. The van der Waals surface area contributed by atoms with E-state index in [2.05, 4.69) is 10.6 Å². The fourth-order valence-electron chi connectivity index (χ4n) is 1.78. The number of hydrogen-bond donors (Lipinski definition) is 2. The zero-order valence-corrected chi connectivity index (χ0v) is 11.2. The molecule has 1 aromatic carbocycles. The fraction of sp³-hybridized carbons (Fsp3) is 0.417. The van der Waals surface area contributed by atoms with E-state index in [1.807, 2.05) is 0 Å². The Balaban J connectivity index is 0.00000200. The average molecular weight is 311 g/mol. The Hall–Kier alpha value is -1.47. The zero-order chi connectivity index (χ0) is 13.9. The number of benzene rings is 1. The van der Waals surface area contributed by atoms with Gasteiger partial charge in [-0.2, -0.15) is 13.2 Å². The minimum Gasteiger partial charge on any atom is -0.492 e. The van der Waals surface area contributed by atoms with Crippen LogP contribution in [-0.2, 0) is 11.3 Å². The van der Waals surface area contributed by atoms with Crippen molar-refractivity contribution in [3.05, 3.63) is 23.8 Å². The maximum absolute atomic E-state index is 12.0. The lowest BCUT2D eigenvalue weighted by atomic mass is 10.1. The number of amides is 1. The molecule has 1 aliphatic rings. The molecule has 20 heavy (non-hydrogen) atoms. The van der Waals surface area contributed by atoms with Crippen molar-refractivity contribution >= 4 is 24.0 Å². The minimum absolute atomic E-state index is 0. The maximum atomic E-state index is 12.0. The Morgan fingerprint density at radius 3 is 2.85 bits per heavy atom. The number of carbonyl (C=O) groups excluding carboxylic acids is 1. The van der Waals surface area contributed by atoms with E-state index in [0.29, 0.717) is 31.1 Å². The van der Waals surface area contributed by atoms with Crippen molar-refractivity contribution in [3.8, 4) is 5.75 Å². The number of carbonyl (C=O) groups is 1. The van der Waals surface area contributed by atoms with Crippen molar-refractivity contribution < 1.29 is 22.7 Å². The van der Waals surface area contributed by atoms with Crippen LogP contribution in [0.3, 0.4) is 0 Å². The lowest BCUT2D eigenvalue weighted by molar-refractivity contribution is -0.150. The third-order valence-corrected chi connectivity index (χ3v) is 2.56. The van der Waals surface area contributed by atoms with Gasteiger partial charge in [0.05, 0.1) is 0 Å². The highest BCUT2D eigenvalue weighted by atomic mass is 35.5. The highest BCUT2D eigenvalue weighted by Gasteiger charge is 2.31. The van der Waals surface area contributed by atoms with Crippen molar-refractivity contribution in [1.29, 1.82) is 0 Å². The number of alkyl halides is 3. The van der Waals surface area contributed by atoms with E-state index >= 15 is 0 Å². The smallest absolute Gasteiger partial charge is 0.397 e. The fourth-order valence-corrected chi connectivity index (χ4v) is 1.78. The first-order chi connectivity index (χ1) is 8.94. The van der Waals surface area contributed by atoms with Gasteiger partial charge in [-0.25, -0.2) is 0 Å². The maximum Gasteiger partial charge on any atom is 0.397 e. The second-order valence-corrected chi connectivity index (χ2v) is 4.19. The molecular weight excluding hydrogens is 297 g/mol. The van der Waals surface area contributed by atoms with Crippen LogP contribution in [0.4, 0.5) is 18.9 Å². The first-order valence-electron chi connectivity index (χ1n) is 5.77. The Morgan fingerprint density at radius 2 is 2.15 bits per heavy atom. The summed E-state index contributed by atoms with van der Waals surface area (Å²) in [6, 6.07) is 4.78. The van der Waals surface area contributed by atoms with Crippen LogP contribution in [0.2, 0.25) is 0 Å². The van der Waals surface area contributed by atoms with Crippen molar-refractivity contribution in [2.45, 2.75) is 19.1 Å². The van der Waals surface area contributed by atoms with E-state index in [1.165, 1.54) is 6.07 Å². The first-order valence-corrected chi connectivity index (χ1v) is 5.77. The molecule has 8 heteroatoms. The van der Waals surface area contributed by atoms with Crippen LogP contribution in [0, 0.1) is 0 Å². The van der Waals surface area contributed by atoms with Crippen molar-refractivity contribution in [2.24, 2.45) is 0 Å². The highest BCUT2D eigenvalue weighted by Crippen LogP contribution is 2.25. The van der Waals surface area contributed by atoms with E-state index in [9.17, 15) is 18.0 Å². The summed E-state index contributed by atoms with van der Waals surface area (Å²) in [7, 11) is 0. The van der Waals surface area contributed by atoms with Crippen molar-refractivity contribution in [1.82, 2.24) is 5.32 Å². The molecular formula is C12H14ClF3N2O2. The molecule has 0 spiro atoms. The van der Waals surface area contributed by atoms with Crippen LogP contribution in [-0.4, -0.2) is 25.2 Å². The summed E-state index contributed by atoms with van der Waals surface area (Å²) in [5, 5.41) is 5.33. The van der Waals surface area contributed by atoms with Crippen molar-refractivity contribution in [3.63, 3.8) is 0 Å². The third kappa shape index (κ3) is 4.90. The van der Waals surface area contributed by atoms with E-state index in [1.54, 1.807) is 12.1 Å². The molecule has 0 saturated heterocycles. The largest absolute Gasteiger partial charge is 0.492 e. The summed E-state index contributed by atoms with van der Waals surface area (Å²) >= 11 is 0. The van der Waals surface area contributed by atoms with Crippen LogP contribution >= 0.6 is 12.4 Å². The minimum atomic E-state index is -4.50. The lowest BCUT2D eigenvalue weighted by Gasteiger charge is -2.11. The molecule has 1 aromatic rings. The van der Waals surface area contributed by atoms with Crippen molar-refractivity contribution in [2.75, 3.05) is 18.5 Å². The molecule has 112 valence electrons. The van der Waals surface area contributed by atoms with Gasteiger partial charge < -0.3 is 15.4 Å². The quantitative estimate of drug-likeness (QED) is 0.882. The predicted molar refractivity (Wildman–Crippen MR) is 70.2 cm³/mol. The van der Waals surface area contributed by atoms with Crippen LogP contribution in [0.5, 0.6) is 5.75 Å². The van der Waals surface area contributed by atoms with Crippen LogP contribution in [0.15, 0.2) is 18.2 Å². The van der Waals surface area contributed by atoms with Gasteiger partial charge in [-0.15, -0.1) is 12.4 Å². The van der Waals surface area contributed by atoms with E-state index in [-0.39, 0.29) is 12.4 Å². The SMILES string of the molecule is Cl.O=C(CC(F)(F)F)Nc1ccc2c(c1)CNCCO2. The van der Waals surface area contributed by atoms with Gasteiger partial charge in [-0.3, -0.25) is 4.79 Å². The van der Waals surface area contributed by atoms with E-state index in [4.69, 9.17) is 4.74 Å². The predicted octanol–water partition coefficient (Wildman–Crippen LogP) is 2.48. The van der Waals surface area contributed by atoms with Crippen LogP contribution in [0.1, 0.15) is 12.0 Å². The molecule has 0 unspecified atom stereocenters. The van der Waals surface area contributed by atoms with Gasteiger partial charge >= 0.3 is 6.18 Å². The lowest BCUT2D eigenvalue weighted by Crippen LogP contribution is -2.21. The number of nitrogens with one attached hydrogen (secondary N) is 2. The summed E-state index contributed by atoms with van der Waals surface area (Å²) < 4.78 is 41.6. The zero-order valence-electron chi connectivity index (χ0n) is 10.4. The molecule has 1 aliphatic heterocycles. The summed E-state index contributed by atoms with van der Waals surface area (Å²) in [4.78, 5) is 11.2. The molecule has 0 radical (unpaired) electrons. The molecule has 0 fully saturated rings. The molecule has 1 amide bonds. The second-order valence-electron chi connectivity index (χ2n) is 4.19. The van der Waals surface area contributed by atoms with Gasteiger partial charge in [0, 0.05) is 24.3 Å². The number of fused-ring (bicyclic) bond motifs is 1. The molecule has 0 aromatic heterocycles. The second kappa shape index (κ2) is 6.81. The topological polar surface area (TPSA) is 50.4 Å². The molecule has 0 bridgehead atoms. The molecule has 2 N–H and O–H groups in total. The van der Waals surface area contributed by atoms with Gasteiger partial charge in [0.1, 0.15) is 18.8 Å². The van der Waals surface area contributed by atoms with E-state index < -0.39 is 18.5 Å². The number of hydrogen-bond acceptors (Lipinski definition) is 3. The number of rotatable bonds is 2. The summed E-state index contributed by atoms with van der Waals surface area (Å²) in [6.45, 7) is 1.79. The summed E-state index contributed by atoms with van der Waals surface area (Å²) in [6.07, 6.45) is -5.99. The molecule has 2 rings (SSSR count). The Morgan fingerprint density at radius 1 is 1.40 bits per heavy atom. The standard InChI is InChI=1S/C12H13F3N2O2.ClH/c13-12(14,15)6-11(18)17-9-1-2-10-8(5-9)7-16-3-4-19-10;/h1-2,5,16H,3-4,6-7H2,(H,17,18);1H. The summed E-state index contributed by atoms with van der Waals surface area (Å²) in [5.41, 5.74) is 1.14. The Kier molecular flexibility index (Phi) is 5.64. The molecule has 1 heterocycles. The van der Waals surface area contributed by atoms with Gasteiger partial charge in [0.15, 0.2) is 0 Å². The molecule has 0 saturated carbocycles. The molecule has 4 nitrogen and oxygen atoms in total. The monoisotopic (exact) mass is 310 g/mol. The van der Waals surface area contributed by atoms with Gasteiger partial charge in [0.25, 0.3) is 0 Å². The number of anilines is 1. The Bertz CT molecular complexity index is 480. The molecule has 0 atom stereocenters. The van der Waals surface area contributed by atoms with Crippen LogP contribution in [0.25, 0.3) is 0 Å². The van der Waals surface area contributed by atoms with E-state index in [0.717, 1.165) is 5.56 Å². The van der Waals surface area contributed by atoms with Gasteiger partial charge in [0.2, 0.25) is 5.91 Å². The average Bonchev–Trinajstić information content (AvgIpc) is 2.50. The Labute approximate surface area is 120 Å². The number of halogens is 4.